The molecule has 0 unspecified atom stereocenters. The quantitative estimate of drug-likeness (QED) is 0.568. The van der Waals surface area contributed by atoms with Crippen LogP contribution in [0.15, 0.2) is 33.8 Å². The first-order valence-electron chi connectivity index (χ1n) is 8.75. The van der Waals surface area contributed by atoms with E-state index in [1.807, 2.05) is 52.0 Å². The number of hydrogen-bond acceptors (Lipinski definition) is 4. The highest BCUT2D eigenvalue weighted by Crippen LogP contribution is 2.39. The van der Waals surface area contributed by atoms with Crippen molar-refractivity contribution in [2.24, 2.45) is 9.98 Å². The molecule has 1 aromatic carbocycles. The average molecular weight is 347 g/mol. The van der Waals surface area contributed by atoms with Gasteiger partial charge in [-0.2, -0.15) is 0 Å². The van der Waals surface area contributed by atoms with Gasteiger partial charge in [0.1, 0.15) is 11.9 Å². The van der Waals surface area contributed by atoms with Gasteiger partial charge in [0.2, 0.25) is 0 Å². The number of nitrogens with zero attached hydrogens (tertiary/aromatic N) is 4. The van der Waals surface area contributed by atoms with Crippen LogP contribution in [0, 0.1) is 5.21 Å². The first kappa shape index (κ1) is 15.5. The topological polar surface area (TPSA) is 73.9 Å². The van der Waals surface area contributed by atoms with Gasteiger partial charge in [-0.1, -0.05) is 23.3 Å². The fourth-order valence-corrected chi connectivity index (χ4v) is 4.14. The van der Waals surface area contributed by atoms with Crippen molar-refractivity contribution < 1.29 is 9.95 Å². The second-order valence-electron chi connectivity index (χ2n) is 8.20. The summed E-state index contributed by atoms with van der Waals surface area (Å²) in [5, 5.41) is 29.2. The van der Waals surface area contributed by atoms with Crippen LogP contribution < -0.4 is 10.4 Å². The summed E-state index contributed by atoms with van der Waals surface area (Å²) in [4.78, 5) is 8.82. The fourth-order valence-electron chi connectivity index (χ4n) is 4.14. The Balaban J connectivity index is 1.73. The van der Waals surface area contributed by atoms with Crippen LogP contribution >= 0.6 is 0 Å². The van der Waals surface area contributed by atoms with Crippen molar-refractivity contribution in [1.82, 2.24) is 5.06 Å². The molecule has 1 aromatic rings. The van der Waals surface area contributed by atoms with Crippen LogP contribution in [-0.2, 0) is 5.21 Å². The van der Waals surface area contributed by atoms with Crippen molar-refractivity contribution in [3.8, 4) is 0 Å². The molecule has 2 aliphatic heterocycles. The Hall–Kier alpha value is -2.73. The zero-order valence-electron chi connectivity index (χ0n) is 15.2. The molecule has 131 valence electrons. The van der Waals surface area contributed by atoms with E-state index in [1.54, 1.807) is 6.34 Å². The van der Waals surface area contributed by atoms with Crippen molar-refractivity contribution >= 4 is 35.2 Å². The summed E-state index contributed by atoms with van der Waals surface area (Å²) in [5.74, 6) is 0.205. The standard InChI is InChI=1S/C20H19N4O2/c1-19(2)20(3,4)24(26)18(23(19)25)12-8-11-6-5-7-13-15(11)14(9-12)17-16(13)21-10-22-17/h5-8,10H,9H2,1-4H3. The minimum Gasteiger partial charge on any atom is -0.714 e. The Morgan fingerprint density at radius 1 is 1.23 bits per heavy atom. The van der Waals surface area contributed by atoms with Crippen LogP contribution in [-0.4, -0.2) is 38.8 Å². The van der Waals surface area contributed by atoms with Crippen LogP contribution in [0.2, 0.25) is 0 Å². The number of hydroxylamine groups is 3. The van der Waals surface area contributed by atoms with E-state index >= 15 is 0 Å². The lowest BCUT2D eigenvalue weighted by molar-refractivity contribution is -0.539. The highest BCUT2D eigenvalue weighted by atomic mass is 16.5. The summed E-state index contributed by atoms with van der Waals surface area (Å²) in [5.41, 5.74) is 2.92. The highest BCUT2D eigenvalue weighted by Gasteiger charge is 2.60. The van der Waals surface area contributed by atoms with Gasteiger partial charge in [-0.05, 0) is 50.1 Å². The molecule has 1 radical (unpaired) electrons. The lowest BCUT2D eigenvalue weighted by Crippen LogP contribution is -2.53. The molecular formula is C20H19N4O2. The van der Waals surface area contributed by atoms with Gasteiger partial charge in [-0.25, -0.2) is 9.98 Å². The summed E-state index contributed by atoms with van der Waals surface area (Å²) >= 11 is 0. The molecule has 0 amide bonds. The van der Waals surface area contributed by atoms with Crippen LogP contribution in [0.1, 0.15) is 39.7 Å². The Morgan fingerprint density at radius 3 is 2.69 bits per heavy atom. The third-order valence-electron chi connectivity index (χ3n) is 6.42. The summed E-state index contributed by atoms with van der Waals surface area (Å²) in [6.07, 6.45) is 4.05. The smallest absolute Gasteiger partial charge is 0.313 e. The van der Waals surface area contributed by atoms with E-state index in [1.165, 1.54) is 0 Å². The minimum atomic E-state index is -0.821. The minimum absolute atomic E-state index is 0.205. The van der Waals surface area contributed by atoms with Crippen molar-refractivity contribution in [3.63, 3.8) is 0 Å². The van der Waals surface area contributed by atoms with E-state index in [2.05, 4.69) is 9.98 Å². The normalized spacial score (nSPS) is 24.1. The number of amidine groups is 1. The van der Waals surface area contributed by atoms with Crippen LogP contribution in [0.3, 0.4) is 0 Å². The molecule has 0 N–H and O–H groups in total. The lowest BCUT2D eigenvalue weighted by atomic mass is 9.84. The first-order valence-corrected chi connectivity index (χ1v) is 8.75. The first-order chi connectivity index (χ1) is 12.2. The van der Waals surface area contributed by atoms with Gasteiger partial charge in [0.05, 0.1) is 11.4 Å². The monoisotopic (exact) mass is 347 g/mol. The maximum absolute atomic E-state index is 13.0. The van der Waals surface area contributed by atoms with Gasteiger partial charge in [0, 0.05) is 22.4 Å². The van der Waals surface area contributed by atoms with Gasteiger partial charge in [-0.3, -0.25) is 4.74 Å². The third kappa shape index (κ3) is 1.58. The van der Waals surface area contributed by atoms with Gasteiger partial charge in [0.15, 0.2) is 5.54 Å². The molecule has 0 atom stereocenters. The molecule has 26 heavy (non-hydrogen) atoms. The second-order valence-corrected chi connectivity index (χ2v) is 8.20. The average Bonchev–Trinajstić information content (AvgIpc) is 3.21. The number of fused-ring (bicyclic) bond motifs is 2. The van der Waals surface area contributed by atoms with Crippen LogP contribution in [0.5, 0.6) is 0 Å². The summed E-state index contributed by atoms with van der Waals surface area (Å²) in [6.45, 7) is 7.27. The van der Waals surface area contributed by atoms with Gasteiger partial charge >= 0.3 is 5.84 Å². The lowest BCUT2D eigenvalue weighted by Gasteiger charge is -2.32. The summed E-state index contributed by atoms with van der Waals surface area (Å²) in [7, 11) is 0. The third-order valence-corrected chi connectivity index (χ3v) is 6.42. The Morgan fingerprint density at radius 2 is 2.00 bits per heavy atom. The predicted octanol–water partition coefficient (Wildman–Crippen LogP) is 1.36. The Kier molecular flexibility index (Phi) is 2.69. The zero-order valence-corrected chi connectivity index (χ0v) is 15.2. The van der Waals surface area contributed by atoms with Gasteiger partial charge < -0.3 is 5.21 Å². The molecule has 6 nitrogen and oxygen atoms in total. The van der Waals surface area contributed by atoms with Crippen molar-refractivity contribution in [1.29, 1.82) is 0 Å². The molecule has 4 aliphatic rings. The highest BCUT2D eigenvalue weighted by molar-refractivity contribution is 6.44. The number of rotatable bonds is 1. The van der Waals surface area contributed by atoms with Gasteiger partial charge in [0.25, 0.3) is 0 Å². The molecular weight excluding hydrogens is 328 g/mol. The van der Waals surface area contributed by atoms with Crippen LogP contribution in [0.25, 0.3) is 17.3 Å². The Labute approximate surface area is 151 Å². The van der Waals surface area contributed by atoms with Crippen molar-refractivity contribution in [2.45, 2.75) is 45.2 Å². The number of benzene rings is 1. The molecule has 0 spiro atoms. The maximum Gasteiger partial charge on any atom is 0.313 e. The molecule has 6 heteroatoms. The SMILES string of the molecule is CC1(C)N([O])C(C2=Cc3cccc4c3=C(C2)C2=NC=NC=42)=[N+]([O-])C1(C)C. The predicted molar refractivity (Wildman–Crippen MR) is 100 cm³/mol. The molecule has 0 aromatic heterocycles. The fraction of sp³-hybridized carbons (Fsp3) is 0.350. The number of hydrogen-bond donors (Lipinski definition) is 0. The molecule has 0 saturated heterocycles. The molecule has 0 fully saturated rings. The van der Waals surface area contributed by atoms with E-state index in [4.69, 9.17) is 0 Å². The second kappa shape index (κ2) is 4.51. The van der Waals surface area contributed by atoms with E-state index < -0.39 is 11.1 Å². The van der Waals surface area contributed by atoms with Gasteiger partial charge in [-0.15, -0.1) is 0 Å². The summed E-state index contributed by atoms with van der Waals surface area (Å²) < 4.78 is 0.883. The van der Waals surface area contributed by atoms with Crippen LogP contribution in [0.4, 0.5) is 0 Å². The Bertz CT molecular complexity index is 1130. The van der Waals surface area contributed by atoms with E-state index in [-0.39, 0.29) is 5.84 Å². The molecule has 5 rings (SSSR count). The van der Waals surface area contributed by atoms with Crippen molar-refractivity contribution in [2.75, 3.05) is 0 Å². The number of aliphatic imine (C=N–C) groups is 2. The molecule has 0 bridgehead atoms. The van der Waals surface area contributed by atoms with E-state index in [9.17, 15) is 10.4 Å². The summed E-state index contributed by atoms with van der Waals surface area (Å²) in [6, 6.07) is 6.04. The molecule has 2 heterocycles. The molecule has 0 saturated carbocycles. The zero-order chi connectivity index (χ0) is 18.4. The largest absolute Gasteiger partial charge is 0.714 e. The van der Waals surface area contributed by atoms with Crippen molar-refractivity contribution in [3.05, 3.63) is 45.0 Å². The van der Waals surface area contributed by atoms with E-state index in [0.29, 0.717) is 6.42 Å². The van der Waals surface area contributed by atoms with E-state index in [0.717, 1.165) is 48.4 Å². The molecule has 2 aliphatic carbocycles. The maximum atomic E-state index is 13.0.